The third kappa shape index (κ3) is 5.08. The molecule has 1 aromatic rings. The molecule has 11 heteroatoms. The summed E-state index contributed by atoms with van der Waals surface area (Å²) in [5.41, 5.74) is 3.62. The standard InChI is InChI=1S/C18H19FN4O4S.ClH/c19-13-5-4-12(14(11-13)27-18(25)23-8-3-9-26-23)10-15-16(24)21-17(28-15)22-7-2-1-6-20-22;/h4-5,10-11,20H,1-3,6-9H2;1H. The Balaban J connectivity index is 0.00000240. The van der Waals surface area contributed by atoms with E-state index in [1.54, 1.807) is 6.08 Å². The van der Waals surface area contributed by atoms with Crippen LogP contribution < -0.4 is 10.2 Å². The molecule has 0 unspecified atom stereocenters. The SMILES string of the molecule is Cl.O=C1N=C(N2CCCCN2)SC1=Cc1ccc(F)cc1OC(=O)N1CCCO1. The van der Waals surface area contributed by atoms with Crippen molar-refractivity contribution in [2.45, 2.75) is 19.3 Å². The van der Waals surface area contributed by atoms with Crippen LogP contribution in [0.3, 0.4) is 0 Å². The molecular weight excluding hydrogens is 423 g/mol. The zero-order valence-electron chi connectivity index (χ0n) is 15.4. The zero-order valence-corrected chi connectivity index (χ0v) is 17.1. The van der Waals surface area contributed by atoms with Gasteiger partial charge in [-0.05, 0) is 49.2 Å². The van der Waals surface area contributed by atoms with Gasteiger partial charge >= 0.3 is 6.09 Å². The highest BCUT2D eigenvalue weighted by molar-refractivity contribution is 8.18. The van der Waals surface area contributed by atoms with Gasteiger partial charge in [-0.3, -0.25) is 14.6 Å². The van der Waals surface area contributed by atoms with Gasteiger partial charge in [0, 0.05) is 24.7 Å². The van der Waals surface area contributed by atoms with Gasteiger partial charge in [-0.25, -0.2) is 14.6 Å². The average molecular weight is 443 g/mol. The minimum absolute atomic E-state index is 0. The van der Waals surface area contributed by atoms with Gasteiger partial charge in [0.15, 0.2) is 5.17 Å². The molecule has 0 spiro atoms. The first kappa shape index (κ1) is 21.6. The van der Waals surface area contributed by atoms with Crippen LogP contribution in [0.25, 0.3) is 6.08 Å². The number of benzene rings is 1. The number of amides is 2. The molecular formula is C18H20ClFN4O4S. The number of nitrogens with one attached hydrogen (secondary N) is 1. The zero-order chi connectivity index (χ0) is 19.5. The predicted octanol–water partition coefficient (Wildman–Crippen LogP) is 2.95. The summed E-state index contributed by atoms with van der Waals surface area (Å²) in [6.07, 6.45) is 3.65. The molecule has 3 aliphatic rings. The van der Waals surface area contributed by atoms with Crippen LogP contribution in [0.5, 0.6) is 5.75 Å². The van der Waals surface area contributed by atoms with E-state index >= 15 is 0 Å². The Hall–Kier alpha value is -2.14. The van der Waals surface area contributed by atoms with Gasteiger partial charge in [0.1, 0.15) is 11.6 Å². The lowest BCUT2D eigenvalue weighted by Gasteiger charge is -2.28. The number of thioether (sulfide) groups is 1. The van der Waals surface area contributed by atoms with Crippen molar-refractivity contribution >= 4 is 47.4 Å². The minimum atomic E-state index is -0.720. The number of carbonyl (C=O) groups is 2. The number of aliphatic imine (C=N–C) groups is 1. The van der Waals surface area contributed by atoms with Crippen molar-refractivity contribution in [3.63, 3.8) is 0 Å². The number of hydrogen-bond acceptors (Lipinski definition) is 7. The molecule has 1 N–H and O–H groups in total. The largest absolute Gasteiger partial charge is 0.439 e. The predicted molar refractivity (Wildman–Crippen MR) is 109 cm³/mol. The van der Waals surface area contributed by atoms with E-state index in [-0.39, 0.29) is 24.1 Å². The number of hydroxylamine groups is 2. The third-order valence-corrected chi connectivity index (χ3v) is 5.37. The lowest BCUT2D eigenvalue weighted by atomic mass is 10.2. The number of hydrazine groups is 1. The molecule has 0 aromatic heterocycles. The van der Waals surface area contributed by atoms with Crippen LogP contribution >= 0.6 is 24.2 Å². The van der Waals surface area contributed by atoms with Crippen molar-refractivity contribution in [2.75, 3.05) is 26.2 Å². The Morgan fingerprint density at radius 3 is 2.90 bits per heavy atom. The molecule has 2 fully saturated rings. The van der Waals surface area contributed by atoms with Crippen LogP contribution in [-0.2, 0) is 9.63 Å². The first-order valence-corrected chi connectivity index (χ1v) is 9.87. The van der Waals surface area contributed by atoms with E-state index in [9.17, 15) is 14.0 Å². The molecule has 8 nitrogen and oxygen atoms in total. The van der Waals surface area contributed by atoms with Gasteiger partial charge in [-0.2, -0.15) is 10.1 Å². The van der Waals surface area contributed by atoms with E-state index in [1.807, 2.05) is 5.01 Å². The Labute approximate surface area is 177 Å². The summed E-state index contributed by atoms with van der Waals surface area (Å²) in [5, 5.41) is 3.55. The molecule has 29 heavy (non-hydrogen) atoms. The number of halogens is 2. The molecule has 3 heterocycles. The van der Waals surface area contributed by atoms with Crippen molar-refractivity contribution in [1.82, 2.24) is 15.5 Å². The maximum absolute atomic E-state index is 13.7. The topological polar surface area (TPSA) is 83.5 Å². The van der Waals surface area contributed by atoms with E-state index in [4.69, 9.17) is 9.57 Å². The van der Waals surface area contributed by atoms with Crippen LogP contribution in [0.2, 0.25) is 0 Å². The fourth-order valence-electron chi connectivity index (χ4n) is 2.96. The van der Waals surface area contributed by atoms with Crippen molar-refractivity contribution in [3.05, 3.63) is 34.5 Å². The normalized spacial score (nSPS) is 20.7. The van der Waals surface area contributed by atoms with Crippen LogP contribution in [0.4, 0.5) is 9.18 Å². The quantitative estimate of drug-likeness (QED) is 0.705. The first-order chi connectivity index (χ1) is 13.6. The monoisotopic (exact) mass is 442 g/mol. The molecule has 2 saturated heterocycles. The fourth-order valence-corrected chi connectivity index (χ4v) is 3.87. The minimum Gasteiger partial charge on any atom is -0.408 e. The van der Waals surface area contributed by atoms with E-state index in [2.05, 4.69) is 10.4 Å². The summed E-state index contributed by atoms with van der Waals surface area (Å²) in [4.78, 5) is 34.1. The van der Waals surface area contributed by atoms with Gasteiger partial charge < -0.3 is 4.74 Å². The molecule has 0 saturated carbocycles. The highest BCUT2D eigenvalue weighted by Gasteiger charge is 2.28. The van der Waals surface area contributed by atoms with Crippen LogP contribution in [0.1, 0.15) is 24.8 Å². The highest BCUT2D eigenvalue weighted by Crippen LogP contribution is 2.33. The second kappa shape index (κ2) is 9.57. The fraction of sp³-hybridized carbons (Fsp3) is 0.389. The van der Waals surface area contributed by atoms with Crippen LogP contribution in [0, 0.1) is 5.82 Å². The number of rotatable bonds is 2. The van der Waals surface area contributed by atoms with Crippen molar-refractivity contribution in [2.24, 2.45) is 4.99 Å². The molecule has 0 bridgehead atoms. The molecule has 0 atom stereocenters. The maximum atomic E-state index is 13.7. The molecule has 0 radical (unpaired) electrons. The van der Waals surface area contributed by atoms with Gasteiger partial charge in [0.25, 0.3) is 5.91 Å². The van der Waals surface area contributed by atoms with E-state index in [1.165, 1.54) is 23.9 Å². The Morgan fingerprint density at radius 2 is 2.17 bits per heavy atom. The number of ether oxygens (including phenoxy) is 1. The lowest BCUT2D eigenvalue weighted by Crippen LogP contribution is -2.45. The van der Waals surface area contributed by atoms with Gasteiger partial charge in [-0.1, -0.05) is 0 Å². The molecule has 4 rings (SSSR count). The highest BCUT2D eigenvalue weighted by atomic mass is 35.5. The number of nitrogens with zero attached hydrogens (tertiary/aromatic N) is 3. The molecule has 3 aliphatic heterocycles. The summed E-state index contributed by atoms with van der Waals surface area (Å²) in [6.45, 7) is 2.47. The average Bonchev–Trinajstić information content (AvgIpc) is 3.35. The van der Waals surface area contributed by atoms with Crippen molar-refractivity contribution < 1.29 is 23.6 Å². The Morgan fingerprint density at radius 1 is 1.31 bits per heavy atom. The summed E-state index contributed by atoms with van der Waals surface area (Å²) >= 11 is 1.23. The summed E-state index contributed by atoms with van der Waals surface area (Å²) in [6, 6.07) is 3.81. The molecule has 156 valence electrons. The van der Waals surface area contributed by atoms with E-state index in [0.717, 1.165) is 37.1 Å². The van der Waals surface area contributed by atoms with Gasteiger partial charge in [0.2, 0.25) is 0 Å². The van der Waals surface area contributed by atoms with Crippen LogP contribution in [0.15, 0.2) is 28.1 Å². The number of amidine groups is 1. The first-order valence-electron chi connectivity index (χ1n) is 9.05. The van der Waals surface area contributed by atoms with Crippen LogP contribution in [-0.4, -0.2) is 53.5 Å². The smallest absolute Gasteiger partial charge is 0.408 e. The maximum Gasteiger partial charge on any atom is 0.439 e. The second-order valence-electron chi connectivity index (χ2n) is 6.42. The lowest BCUT2D eigenvalue weighted by molar-refractivity contribution is -0.113. The van der Waals surface area contributed by atoms with E-state index in [0.29, 0.717) is 35.2 Å². The van der Waals surface area contributed by atoms with Gasteiger partial charge in [-0.15, -0.1) is 12.4 Å². The van der Waals surface area contributed by atoms with Crippen molar-refractivity contribution in [1.29, 1.82) is 0 Å². The Kier molecular flexibility index (Phi) is 7.12. The number of carbonyl (C=O) groups excluding carboxylic acids is 2. The summed E-state index contributed by atoms with van der Waals surface area (Å²) in [5.74, 6) is -0.907. The summed E-state index contributed by atoms with van der Waals surface area (Å²) in [7, 11) is 0. The van der Waals surface area contributed by atoms with Gasteiger partial charge in [0.05, 0.1) is 18.1 Å². The molecule has 2 amide bonds. The third-order valence-electron chi connectivity index (χ3n) is 4.37. The Bertz CT molecular complexity index is 854. The number of hydrogen-bond donors (Lipinski definition) is 1. The summed E-state index contributed by atoms with van der Waals surface area (Å²) < 4.78 is 19.0. The molecule has 1 aromatic carbocycles. The molecule has 0 aliphatic carbocycles. The van der Waals surface area contributed by atoms with Crippen molar-refractivity contribution in [3.8, 4) is 5.75 Å². The second-order valence-corrected chi connectivity index (χ2v) is 7.43. The van der Waals surface area contributed by atoms with E-state index < -0.39 is 11.9 Å².